The van der Waals surface area contributed by atoms with Crippen LogP contribution >= 0.6 is 31.9 Å². The Morgan fingerprint density at radius 2 is 1.52 bits per heavy atom. The second kappa shape index (κ2) is 7.06. The maximum absolute atomic E-state index is 13.2. The first-order valence-electron chi connectivity index (χ1n) is 9.60. The summed E-state index contributed by atoms with van der Waals surface area (Å²) in [5, 5.41) is 2.83. The number of benzene rings is 2. The normalized spacial score (nSPS) is 32.6. The predicted molar refractivity (Wildman–Crippen MR) is 117 cm³/mol. The summed E-state index contributed by atoms with van der Waals surface area (Å²) in [5.74, 6) is -0.770. The minimum atomic E-state index is -0.279. The number of nitrogens with zero attached hydrogens (tertiary/aromatic N) is 1. The molecule has 5 nitrogen and oxygen atoms in total. The van der Waals surface area contributed by atoms with E-state index in [2.05, 4.69) is 37.2 Å². The van der Waals surface area contributed by atoms with Gasteiger partial charge in [-0.2, -0.15) is 0 Å². The summed E-state index contributed by atoms with van der Waals surface area (Å²) in [6.45, 7) is 0. The lowest BCUT2D eigenvalue weighted by Crippen LogP contribution is -2.37. The van der Waals surface area contributed by atoms with Gasteiger partial charge in [0, 0.05) is 20.9 Å². The molecule has 2 aromatic carbocycles. The van der Waals surface area contributed by atoms with Gasteiger partial charge >= 0.3 is 0 Å². The van der Waals surface area contributed by atoms with Gasteiger partial charge in [0.25, 0.3) is 5.91 Å². The number of anilines is 2. The van der Waals surface area contributed by atoms with Crippen LogP contribution in [-0.2, 0) is 9.59 Å². The van der Waals surface area contributed by atoms with Crippen LogP contribution < -0.4 is 10.2 Å². The second-order valence-corrected chi connectivity index (χ2v) is 10.0. The highest BCUT2D eigenvalue weighted by Crippen LogP contribution is 2.60. The number of carbonyl (C=O) groups excluding carboxylic acids is 3. The zero-order valence-electron chi connectivity index (χ0n) is 15.3. The number of para-hydroxylation sites is 1. The second-order valence-electron chi connectivity index (χ2n) is 7.89. The number of amides is 3. The van der Waals surface area contributed by atoms with Crippen molar-refractivity contribution in [3.63, 3.8) is 0 Å². The Bertz CT molecular complexity index is 980. The first-order chi connectivity index (χ1) is 14.0. The highest BCUT2D eigenvalue weighted by molar-refractivity contribution is 9.12. The summed E-state index contributed by atoms with van der Waals surface area (Å²) in [6, 6.07) is 15.9. The first kappa shape index (κ1) is 19.0. The van der Waals surface area contributed by atoms with Crippen molar-refractivity contribution in [1.82, 2.24) is 0 Å². The van der Waals surface area contributed by atoms with E-state index in [-0.39, 0.29) is 51.0 Å². The van der Waals surface area contributed by atoms with E-state index in [1.807, 2.05) is 18.2 Å². The quantitative estimate of drug-likeness (QED) is 0.489. The topological polar surface area (TPSA) is 66.5 Å². The summed E-state index contributed by atoms with van der Waals surface area (Å²) < 4.78 is 0. The lowest BCUT2D eigenvalue weighted by molar-refractivity contribution is -0.123. The van der Waals surface area contributed by atoms with Crippen LogP contribution in [0.2, 0.25) is 0 Å². The Balaban J connectivity index is 1.42. The maximum atomic E-state index is 13.2. The number of nitrogens with one attached hydrogen (secondary N) is 1. The lowest BCUT2D eigenvalue weighted by Gasteiger charge is -2.28. The molecule has 7 heteroatoms. The molecule has 3 fully saturated rings. The Kier molecular flexibility index (Phi) is 4.62. The third kappa shape index (κ3) is 2.89. The largest absolute Gasteiger partial charge is 0.322 e. The molecule has 1 saturated heterocycles. The van der Waals surface area contributed by atoms with E-state index >= 15 is 0 Å². The van der Waals surface area contributed by atoms with E-state index in [0.717, 1.165) is 6.42 Å². The third-order valence-electron chi connectivity index (χ3n) is 6.39. The van der Waals surface area contributed by atoms with Gasteiger partial charge in [-0.05, 0) is 48.6 Å². The summed E-state index contributed by atoms with van der Waals surface area (Å²) in [7, 11) is 0. The van der Waals surface area contributed by atoms with E-state index in [4.69, 9.17) is 0 Å². The molecule has 29 heavy (non-hydrogen) atoms. The van der Waals surface area contributed by atoms with Gasteiger partial charge in [0.1, 0.15) is 0 Å². The van der Waals surface area contributed by atoms with Gasteiger partial charge in [0.15, 0.2) is 0 Å². The van der Waals surface area contributed by atoms with Gasteiger partial charge in [-0.25, -0.2) is 0 Å². The van der Waals surface area contributed by atoms with Crippen molar-refractivity contribution in [1.29, 1.82) is 0 Å². The van der Waals surface area contributed by atoms with Crippen molar-refractivity contribution in [2.45, 2.75) is 16.1 Å². The highest BCUT2D eigenvalue weighted by Gasteiger charge is 2.66. The Labute approximate surface area is 185 Å². The average molecular weight is 518 g/mol. The average Bonchev–Trinajstić information content (AvgIpc) is 3.33. The molecule has 148 valence electrons. The molecule has 0 spiro atoms. The van der Waals surface area contributed by atoms with Crippen LogP contribution in [0.25, 0.3) is 0 Å². The van der Waals surface area contributed by atoms with Crippen LogP contribution in [0.4, 0.5) is 11.4 Å². The summed E-state index contributed by atoms with van der Waals surface area (Å²) in [5.41, 5.74) is 1.56. The first-order valence-corrected chi connectivity index (χ1v) is 11.4. The fourth-order valence-electron chi connectivity index (χ4n) is 5.11. The maximum Gasteiger partial charge on any atom is 0.255 e. The number of hydrogen-bond donors (Lipinski definition) is 1. The third-order valence-corrected chi connectivity index (χ3v) is 9.59. The van der Waals surface area contributed by atoms with Crippen molar-refractivity contribution >= 4 is 61.0 Å². The van der Waals surface area contributed by atoms with E-state index in [1.165, 1.54) is 4.90 Å². The molecule has 3 aliphatic rings. The molecular weight excluding hydrogens is 500 g/mol. The molecule has 1 N–H and O–H groups in total. The minimum absolute atomic E-state index is 0.142. The van der Waals surface area contributed by atoms with Gasteiger partial charge in [-0.3, -0.25) is 19.3 Å². The predicted octanol–water partition coefficient (Wildman–Crippen LogP) is 4.22. The van der Waals surface area contributed by atoms with Crippen LogP contribution in [0.5, 0.6) is 0 Å². The number of rotatable bonds is 3. The standard InChI is InChI=1S/C22H18Br2N2O3/c23-18-14-10-15(19(18)24)17-16(14)21(28)26(22(17)29)13-8-4-5-11(9-13)20(27)25-12-6-2-1-3-7-12/h1-9,14-19H,10H2,(H,25,27)/t14-,15+,16-,17+,18-,19+. The number of fused-ring (bicyclic) bond motifs is 5. The molecule has 1 aliphatic heterocycles. The van der Waals surface area contributed by atoms with Gasteiger partial charge in [-0.1, -0.05) is 56.1 Å². The van der Waals surface area contributed by atoms with Gasteiger partial charge in [0.2, 0.25) is 11.8 Å². The monoisotopic (exact) mass is 516 g/mol. The van der Waals surface area contributed by atoms with Crippen molar-refractivity contribution in [3.05, 3.63) is 60.2 Å². The van der Waals surface area contributed by atoms with Crippen molar-refractivity contribution < 1.29 is 14.4 Å². The zero-order chi connectivity index (χ0) is 20.3. The van der Waals surface area contributed by atoms with E-state index in [1.54, 1.807) is 36.4 Å². The molecule has 3 amide bonds. The summed E-state index contributed by atoms with van der Waals surface area (Å²) in [4.78, 5) is 40.7. The van der Waals surface area contributed by atoms with E-state index in [0.29, 0.717) is 16.9 Å². The number of alkyl halides is 2. The number of imide groups is 1. The van der Waals surface area contributed by atoms with Gasteiger partial charge in [-0.15, -0.1) is 0 Å². The van der Waals surface area contributed by atoms with E-state index < -0.39 is 0 Å². The van der Waals surface area contributed by atoms with Crippen LogP contribution in [-0.4, -0.2) is 27.4 Å². The molecule has 2 bridgehead atoms. The highest BCUT2D eigenvalue weighted by atomic mass is 79.9. The van der Waals surface area contributed by atoms with Crippen LogP contribution in [0.3, 0.4) is 0 Å². The van der Waals surface area contributed by atoms with Crippen molar-refractivity contribution in [2.75, 3.05) is 10.2 Å². The zero-order valence-corrected chi connectivity index (χ0v) is 18.5. The fourth-order valence-corrected chi connectivity index (χ4v) is 6.99. The van der Waals surface area contributed by atoms with Crippen LogP contribution in [0.15, 0.2) is 54.6 Å². The Morgan fingerprint density at radius 3 is 2.14 bits per heavy atom. The molecule has 0 unspecified atom stereocenters. The van der Waals surface area contributed by atoms with E-state index in [9.17, 15) is 14.4 Å². The molecule has 0 aromatic heterocycles. The molecule has 2 aliphatic carbocycles. The molecular formula is C22H18Br2N2O3. The lowest BCUT2D eigenvalue weighted by atomic mass is 9.81. The Morgan fingerprint density at radius 1 is 0.897 bits per heavy atom. The molecule has 1 heterocycles. The number of halogens is 2. The number of hydrogen-bond acceptors (Lipinski definition) is 3. The van der Waals surface area contributed by atoms with Gasteiger partial charge < -0.3 is 5.32 Å². The summed E-state index contributed by atoms with van der Waals surface area (Å²) in [6.07, 6.45) is 0.895. The molecule has 2 aromatic rings. The van der Waals surface area contributed by atoms with Crippen molar-refractivity contribution in [3.8, 4) is 0 Å². The summed E-state index contributed by atoms with van der Waals surface area (Å²) >= 11 is 7.40. The fraction of sp³-hybridized carbons (Fsp3) is 0.318. The SMILES string of the molecule is O=C(Nc1ccccc1)c1cccc(N2C(=O)[C@@H]3[C@H]4C[C@H]([C@H](Br)[C@@H]4Br)[C@@H]3C2=O)c1. The van der Waals surface area contributed by atoms with Crippen molar-refractivity contribution in [2.24, 2.45) is 23.7 Å². The molecule has 2 saturated carbocycles. The smallest absolute Gasteiger partial charge is 0.255 e. The number of carbonyl (C=O) groups is 3. The molecule has 6 atom stereocenters. The minimum Gasteiger partial charge on any atom is -0.322 e. The van der Waals surface area contributed by atoms with Gasteiger partial charge in [0.05, 0.1) is 17.5 Å². The van der Waals surface area contributed by atoms with Crippen LogP contribution in [0.1, 0.15) is 16.8 Å². The van der Waals surface area contributed by atoms with Crippen LogP contribution in [0, 0.1) is 23.7 Å². The Hall–Kier alpha value is -1.99. The molecule has 5 rings (SSSR count). The molecule has 0 radical (unpaired) electrons.